The van der Waals surface area contributed by atoms with Crippen molar-refractivity contribution in [2.24, 2.45) is 5.92 Å². The van der Waals surface area contributed by atoms with E-state index in [-0.39, 0.29) is 25.0 Å². The van der Waals surface area contributed by atoms with E-state index in [4.69, 9.17) is 0 Å². The molecule has 0 aliphatic heterocycles. The minimum atomic E-state index is -2.65. The zero-order chi connectivity index (χ0) is 14.0. The van der Waals surface area contributed by atoms with Crippen molar-refractivity contribution in [3.05, 3.63) is 34.9 Å². The molecule has 2 rings (SSSR count). The minimum absolute atomic E-state index is 0.0392. The molecule has 0 saturated heterocycles. The van der Waals surface area contributed by atoms with Crippen LogP contribution in [0.1, 0.15) is 42.4 Å². The van der Waals surface area contributed by atoms with Crippen molar-refractivity contribution >= 4 is 5.78 Å². The maximum Gasteiger partial charge on any atom is 0.248 e. The molecule has 1 aliphatic rings. The van der Waals surface area contributed by atoms with Crippen molar-refractivity contribution in [1.82, 2.24) is 0 Å². The monoisotopic (exact) mass is 266 g/mol. The van der Waals surface area contributed by atoms with Crippen LogP contribution >= 0.6 is 0 Å². The number of carbonyl (C=O) groups excluding carboxylic acids is 1. The van der Waals surface area contributed by atoms with Gasteiger partial charge >= 0.3 is 0 Å². The average Bonchev–Trinajstić information content (AvgIpc) is 2.32. The summed E-state index contributed by atoms with van der Waals surface area (Å²) in [5.41, 5.74) is 3.25. The molecule has 1 aliphatic carbocycles. The van der Waals surface area contributed by atoms with Gasteiger partial charge in [-0.2, -0.15) is 0 Å². The first-order valence-electron chi connectivity index (χ1n) is 6.84. The molecule has 1 saturated carbocycles. The Morgan fingerprint density at radius 2 is 2.05 bits per heavy atom. The lowest BCUT2D eigenvalue weighted by molar-refractivity contribution is -0.129. The van der Waals surface area contributed by atoms with Gasteiger partial charge in [-0.1, -0.05) is 18.2 Å². The predicted molar refractivity (Wildman–Crippen MR) is 71.5 cm³/mol. The first-order chi connectivity index (χ1) is 8.87. The number of Topliss-reactive ketones (excluding diaryl/α,β-unsaturated/α-hetero) is 1. The third-order valence-electron chi connectivity index (χ3n) is 4.05. The minimum Gasteiger partial charge on any atom is -0.299 e. The van der Waals surface area contributed by atoms with E-state index in [0.717, 1.165) is 11.1 Å². The van der Waals surface area contributed by atoms with Crippen LogP contribution in [0.15, 0.2) is 18.2 Å². The van der Waals surface area contributed by atoms with Gasteiger partial charge in [0.25, 0.3) is 0 Å². The number of halogens is 2. The number of benzene rings is 1. The Labute approximate surface area is 113 Å². The van der Waals surface area contributed by atoms with Crippen molar-refractivity contribution in [2.45, 2.75) is 51.9 Å². The van der Waals surface area contributed by atoms with E-state index in [2.05, 4.69) is 0 Å². The zero-order valence-corrected chi connectivity index (χ0v) is 11.5. The third kappa shape index (κ3) is 3.62. The molecule has 0 N–H and O–H groups in total. The normalized spacial score (nSPS) is 22.2. The summed E-state index contributed by atoms with van der Waals surface area (Å²) in [6.07, 6.45) is 1.01. The number of hydrogen-bond donors (Lipinski definition) is 0. The Hall–Kier alpha value is -1.25. The lowest BCUT2D eigenvalue weighted by atomic mass is 9.82. The summed E-state index contributed by atoms with van der Waals surface area (Å²) >= 11 is 0. The average molecular weight is 266 g/mol. The quantitative estimate of drug-likeness (QED) is 0.799. The molecule has 1 unspecified atom stereocenters. The van der Waals surface area contributed by atoms with E-state index in [0.29, 0.717) is 12.8 Å². The van der Waals surface area contributed by atoms with E-state index < -0.39 is 11.8 Å². The van der Waals surface area contributed by atoms with E-state index in [9.17, 15) is 13.6 Å². The van der Waals surface area contributed by atoms with E-state index >= 15 is 0 Å². The fraction of sp³-hybridized carbons (Fsp3) is 0.562. The van der Waals surface area contributed by atoms with Gasteiger partial charge < -0.3 is 0 Å². The number of carbonyl (C=O) groups is 1. The molecule has 1 aromatic rings. The van der Waals surface area contributed by atoms with Gasteiger partial charge in [0.05, 0.1) is 0 Å². The second kappa shape index (κ2) is 5.40. The smallest absolute Gasteiger partial charge is 0.248 e. The molecule has 0 radical (unpaired) electrons. The Kier molecular flexibility index (Phi) is 4.02. The van der Waals surface area contributed by atoms with Gasteiger partial charge in [0.1, 0.15) is 5.78 Å². The molecule has 1 fully saturated rings. The number of ketones is 1. The van der Waals surface area contributed by atoms with E-state index in [1.807, 2.05) is 32.0 Å². The van der Waals surface area contributed by atoms with Crippen molar-refractivity contribution in [3.8, 4) is 0 Å². The molecule has 0 amide bonds. The van der Waals surface area contributed by atoms with Crippen LogP contribution in [0, 0.1) is 19.8 Å². The van der Waals surface area contributed by atoms with Gasteiger partial charge in [-0.25, -0.2) is 8.78 Å². The van der Waals surface area contributed by atoms with Gasteiger partial charge in [0, 0.05) is 25.2 Å². The molecular weight excluding hydrogens is 246 g/mol. The van der Waals surface area contributed by atoms with Crippen LogP contribution in [0.3, 0.4) is 0 Å². The number of rotatable bonds is 3. The number of aryl methyl sites for hydroxylation is 2. The van der Waals surface area contributed by atoms with Gasteiger partial charge in [-0.3, -0.25) is 4.79 Å². The maximum absolute atomic E-state index is 13.3. The molecule has 0 aromatic heterocycles. The Bertz CT molecular complexity index is 480. The van der Waals surface area contributed by atoms with Gasteiger partial charge in [-0.05, 0) is 43.4 Å². The molecule has 19 heavy (non-hydrogen) atoms. The second-order valence-electron chi connectivity index (χ2n) is 5.71. The highest BCUT2D eigenvalue weighted by molar-refractivity contribution is 5.83. The Morgan fingerprint density at radius 3 is 2.68 bits per heavy atom. The molecule has 0 heterocycles. The Balaban J connectivity index is 2.02. The summed E-state index contributed by atoms with van der Waals surface area (Å²) in [7, 11) is 0. The molecular formula is C16H20F2O. The molecule has 0 bridgehead atoms. The predicted octanol–water partition coefficient (Wildman–Crippen LogP) is 4.24. The summed E-state index contributed by atoms with van der Waals surface area (Å²) < 4.78 is 26.6. The summed E-state index contributed by atoms with van der Waals surface area (Å²) in [6.45, 7) is 4.01. The summed E-state index contributed by atoms with van der Waals surface area (Å²) in [4.78, 5) is 12.1. The lowest BCUT2D eigenvalue weighted by Crippen LogP contribution is -2.31. The molecule has 1 aromatic carbocycles. The summed E-state index contributed by atoms with van der Waals surface area (Å²) in [6, 6.07) is 5.88. The van der Waals surface area contributed by atoms with Crippen LogP contribution < -0.4 is 0 Å². The van der Waals surface area contributed by atoms with Crippen molar-refractivity contribution in [2.75, 3.05) is 0 Å². The molecule has 3 heteroatoms. The van der Waals surface area contributed by atoms with Crippen LogP contribution in [-0.2, 0) is 11.2 Å². The van der Waals surface area contributed by atoms with Gasteiger partial charge in [-0.15, -0.1) is 0 Å². The number of hydrogen-bond acceptors (Lipinski definition) is 1. The standard InChI is InChI=1S/C16H20F2O/c1-11-5-6-13(8-12(11)2)9-15(19)14-4-3-7-16(17,18)10-14/h5-6,8,14H,3-4,7,9-10H2,1-2H3. The first-order valence-corrected chi connectivity index (χ1v) is 6.84. The molecule has 0 spiro atoms. The van der Waals surface area contributed by atoms with Gasteiger partial charge in [0.15, 0.2) is 0 Å². The van der Waals surface area contributed by atoms with Crippen molar-refractivity contribution < 1.29 is 13.6 Å². The van der Waals surface area contributed by atoms with Crippen LogP contribution in [0.5, 0.6) is 0 Å². The van der Waals surface area contributed by atoms with Crippen molar-refractivity contribution in [1.29, 1.82) is 0 Å². The molecule has 1 atom stereocenters. The topological polar surface area (TPSA) is 17.1 Å². The largest absolute Gasteiger partial charge is 0.299 e. The fourth-order valence-electron chi connectivity index (χ4n) is 2.71. The highest BCUT2D eigenvalue weighted by Gasteiger charge is 2.38. The van der Waals surface area contributed by atoms with Crippen molar-refractivity contribution in [3.63, 3.8) is 0 Å². The molecule has 1 nitrogen and oxygen atoms in total. The fourth-order valence-corrected chi connectivity index (χ4v) is 2.71. The van der Waals surface area contributed by atoms with Crippen LogP contribution in [-0.4, -0.2) is 11.7 Å². The molecule has 104 valence electrons. The second-order valence-corrected chi connectivity index (χ2v) is 5.71. The van der Waals surface area contributed by atoms with Crippen LogP contribution in [0.4, 0.5) is 8.78 Å². The number of alkyl halides is 2. The SMILES string of the molecule is Cc1ccc(CC(=O)C2CCCC(F)(F)C2)cc1C. The highest BCUT2D eigenvalue weighted by Crippen LogP contribution is 2.37. The lowest BCUT2D eigenvalue weighted by Gasteiger charge is -2.28. The van der Waals surface area contributed by atoms with E-state index in [1.54, 1.807) is 0 Å². The zero-order valence-electron chi connectivity index (χ0n) is 11.5. The third-order valence-corrected chi connectivity index (χ3v) is 4.05. The Morgan fingerprint density at radius 1 is 1.32 bits per heavy atom. The van der Waals surface area contributed by atoms with Crippen LogP contribution in [0.2, 0.25) is 0 Å². The summed E-state index contributed by atoms with van der Waals surface area (Å²) in [5.74, 6) is -3.16. The summed E-state index contributed by atoms with van der Waals surface area (Å²) in [5, 5.41) is 0. The van der Waals surface area contributed by atoms with Gasteiger partial charge in [0.2, 0.25) is 5.92 Å². The highest BCUT2D eigenvalue weighted by atomic mass is 19.3. The maximum atomic E-state index is 13.3. The van der Waals surface area contributed by atoms with E-state index in [1.165, 1.54) is 5.56 Å². The van der Waals surface area contributed by atoms with Crippen LogP contribution in [0.25, 0.3) is 0 Å². The first kappa shape index (κ1) is 14.2.